The molecule has 2 aromatic heterocycles. The highest BCUT2D eigenvalue weighted by Gasteiger charge is 2.20. The summed E-state index contributed by atoms with van der Waals surface area (Å²) in [4.78, 5) is 12.8. The maximum Gasteiger partial charge on any atom is 0.268 e. The Morgan fingerprint density at radius 2 is 2.08 bits per heavy atom. The summed E-state index contributed by atoms with van der Waals surface area (Å²) >= 11 is 8.67. The van der Waals surface area contributed by atoms with Crippen molar-refractivity contribution in [1.82, 2.24) is 9.88 Å². The van der Waals surface area contributed by atoms with Crippen LogP contribution in [0.15, 0.2) is 44.7 Å². The first-order chi connectivity index (χ1) is 12.6. The number of nitrogens with zero attached hydrogens (tertiary/aromatic N) is 1. The van der Waals surface area contributed by atoms with Gasteiger partial charge in [-0.2, -0.15) is 0 Å². The largest absolute Gasteiger partial charge is 0.376 e. The fourth-order valence-electron chi connectivity index (χ4n) is 3.24. The number of carbonyl (C=O) groups is 1. The summed E-state index contributed by atoms with van der Waals surface area (Å²) in [7, 11) is 0. The highest BCUT2D eigenvalue weighted by atomic mass is 79.9. The Hall–Kier alpha value is -1.15. The lowest BCUT2D eigenvalue weighted by atomic mass is 10.2. The predicted molar refractivity (Wildman–Crippen MR) is 112 cm³/mol. The number of amides is 1. The summed E-state index contributed by atoms with van der Waals surface area (Å²) in [6.07, 6.45) is 2.23. The first kappa shape index (κ1) is 18.2. The summed E-state index contributed by atoms with van der Waals surface area (Å²) in [6.45, 7) is 2.02. The summed E-state index contributed by atoms with van der Waals surface area (Å²) in [5.41, 5.74) is 2.92. The first-order valence-corrected chi connectivity index (χ1v) is 10.9. The van der Waals surface area contributed by atoms with Gasteiger partial charge < -0.3 is 14.6 Å². The number of rotatable bonds is 5. The molecular weight excluding hydrogens is 480 g/mol. The van der Waals surface area contributed by atoms with Gasteiger partial charge in [-0.05, 0) is 58.6 Å². The molecule has 1 unspecified atom stereocenters. The van der Waals surface area contributed by atoms with Crippen LogP contribution in [0, 0.1) is 0 Å². The van der Waals surface area contributed by atoms with Gasteiger partial charge in [-0.3, -0.25) is 4.79 Å². The zero-order valence-corrected chi connectivity index (χ0v) is 18.0. The lowest BCUT2D eigenvalue weighted by molar-refractivity contribution is 0.0851. The maximum atomic E-state index is 12.8. The van der Waals surface area contributed by atoms with Crippen LogP contribution in [0.25, 0.3) is 10.2 Å². The molecule has 0 aliphatic carbocycles. The van der Waals surface area contributed by atoms with Crippen molar-refractivity contribution in [3.8, 4) is 0 Å². The van der Waals surface area contributed by atoms with E-state index < -0.39 is 0 Å². The zero-order valence-electron chi connectivity index (χ0n) is 14.0. The minimum absolute atomic E-state index is 0.0443. The van der Waals surface area contributed by atoms with E-state index in [1.807, 2.05) is 18.2 Å². The fraction of sp³-hybridized carbons (Fsp3) is 0.316. The molecule has 1 amide bonds. The normalized spacial score (nSPS) is 17.1. The highest BCUT2D eigenvalue weighted by Crippen LogP contribution is 2.33. The van der Waals surface area contributed by atoms with Crippen LogP contribution in [0.4, 0.5) is 0 Å². The van der Waals surface area contributed by atoms with Gasteiger partial charge in [-0.15, -0.1) is 11.3 Å². The van der Waals surface area contributed by atoms with E-state index in [1.165, 1.54) is 0 Å². The standard InChI is InChI=1S/C19H18Br2N2O2S/c20-13-5-3-12(4-6-13)11-23-15-9-18(21)26-17(15)8-16(23)19(24)22-10-14-2-1-7-25-14/h3-6,8-9,14H,1-2,7,10-11H2,(H,22,24). The van der Waals surface area contributed by atoms with Crippen LogP contribution < -0.4 is 5.32 Å². The van der Waals surface area contributed by atoms with Crippen molar-refractivity contribution in [3.05, 3.63) is 55.9 Å². The molecule has 0 radical (unpaired) electrons. The second-order valence-electron chi connectivity index (χ2n) is 6.39. The van der Waals surface area contributed by atoms with Crippen LogP contribution in [-0.2, 0) is 11.3 Å². The molecule has 0 bridgehead atoms. The molecular formula is C19H18Br2N2O2S. The smallest absolute Gasteiger partial charge is 0.268 e. The predicted octanol–water partition coefficient (Wildman–Crippen LogP) is 5.18. The minimum Gasteiger partial charge on any atom is -0.376 e. The molecule has 3 heterocycles. The molecule has 1 N–H and O–H groups in total. The monoisotopic (exact) mass is 496 g/mol. The Morgan fingerprint density at radius 3 is 2.81 bits per heavy atom. The Morgan fingerprint density at radius 1 is 1.27 bits per heavy atom. The second kappa shape index (κ2) is 7.84. The number of hydrogen-bond acceptors (Lipinski definition) is 3. The number of halogens is 2. The van der Waals surface area contributed by atoms with E-state index in [-0.39, 0.29) is 12.0 Å². The number of benzene rings is 1. The van der Waals surface area contributed by atoms with Gasteiger partial charge in [-0.1, -0.05) is 28.1 Å². The zero-order chi connectivity index (χ0) is 18.1. The number of thiophene rings is 1. The molecule has 1 saturated heterocycles. The van der Waals surface area contributed by atoms with Crippen molar-refractivity contribution in [1.29, 1.82) is 0 Å². The van der Waals surface area contributed by atoms with E-state index in [4.69, 9.17) is 4.74 Å². The van der Waals surface area contributed by atoms with Crippen LogP contribution in [0.5, 0.6) is 0 Å². The van der Waals surface area contributed by atoms with Crippen LogP contribution in [-0.4, -0.2) is 29.7 Å². The Labute approximate surface area is 172 Å². The molecule has 0 saturated carbocycles. The van der Waals surface area contributed by atoms with Crippen molar-refractivity contribution >= 4 is 59.3 Å². The quantitative estimate of drug-likeness (QED) is 0.527. The SMILES string of the molecule is O=C(NCC1CCCO1)c1cc2sc(Br)cc2n1Cc1ccc(Br)cc1. The van der Waals surface area contributed by atoms with E-state index in [9.17, 15) is 4.79 Å². The Kier molecular flexibility index (Phi) is 5.50. The third-order valence-electron chi connectivity index (χ3n) is 4.56. The fourth-order valence-corrected chi connectivity index (χ4v) is 5.07. The minimum atomic E-state index is -0.0443. The van der Waals surface area contributed by atoms with Crippen LogP contribution >= 0.6 is 43.2 Å². The number of aromatic nitrogens is 1. The molecule has 26 heavy (non-hydrogen) atoms. The molecule has 4 nitrogen and oxygen atoms in total. The molecule has 3 aromatic rings. The van der Waals surface area contributed by atoms with Gasteiger partial charge in [0, 0.05) is 24.2 Å². The topological polar surface area (TPSA) is 43.3 Å². The van der Waals surface area contributed by atoms with E-state index in [2.05, 4.69) is 59.9 Å². The molecule has 136 valence electrons. The summed E-state index contributed by atoms with van der Waals surface area (Å²) < 4.78 is 10.9. The molecule has 1 aliphatic rings. The van der Waals surface area contributed by atoms with Gasteiger partial charge in [0.15, 0.2) is 0 Å². The van der Waals surface area contributed by atoms with Crippen molar-refractivity contribution in [3.63, 3.8) is 0 Å². The number of carbonyl (C=O) groups excluding carboxylic acids is 1. The lowest BCUT2D eigenvalue weighted by Gasteiger charge is -2.13. The van der Waals surface area contributed by atoms with Crippen molar-refractivity contribution in [2.45, 2.75) is 25.5 Å². The van der Waals surface area contributed by atoms with E-state index >= 15 is 0 Å². The molecule has 1 aliphatic heterocycles. The van der Waals surface area contributed by atoms with E-state index in [0.29, 0.717) is 18.8 Å². The Balaban J connectivity index is 1.61. The molecule has 7 heteroatoms. The highest BCUT2D eigenvalue weighted by molar-refractivity contribution is 9.11. The van der Waals surface area contributed by atoms with E-state index in [1.54, 1.807) is 11.3 Å². The van der Waals surface area contributed by atoms with Crippen LogP contribution in [0.2, 0.25) is 0 Å². The Bertz CT molecular complexity index is 927. The third-order valence-corrected chi connectivity index (χ3v) is 6.66. The van der Waals surface area contributed by atoms with Gasteiger partial charge in [-0.25, -0.2) is 0 Å². The maximum absolute atomic E-state index is 12.8. The number of nitrogens with one attached hydrogen (secondary N) is 1. The average Bonchev–Trinajstić information content (AvgIpc) is 3.32. The average molecular weight is 498 g/mol. The summed E-state index contributed by atoms with van der Waals surface area (Å²) in [6, 6.07) is 12.3. The van der Waals surface area contributed by atoms with Gasteiger partial charge in [0.25, 0.3) is 5.91 Å². The second-order valence-corrected chi connectivity index (χ2v) is 9.77. The molecule has 1 fully saturated rings. The summed E-state index contributed by atoms with van der Waals surface area (Å²) in [5.74, 6) is -0.0443. The number of fused-ring (bicyclic) bond motifs is 1. The third kappa shape index (κ3) is 3.91. The van der Waals surface area contributed by atoms with Gasteiger partial charge in [0.1, 0.15) is 5.69 Å². The number of ether oxygens (including phenoxy) is 1. The van der Waals surface area contributed by atoms with Crippen molar-refractivity contribution in [2.75, 3.05) is 13.2 Å². The summed E-state index contributed by atoms with van der Waals surface area (Å²) in [5, 5.41) is 3.04. The molecule has 1 aromatic carbocycles. The van der Waals surface area contributed by atoms with E-state index in [0.717, 1.165) is 43.5 Å². The molecule has 0 spiro atoms. The van der Waals surface area contributed by atoms with Gasteiger partial charge >= 0.3 is 0 Å². The first-order valence-electron chi connectivity index (χ1n) is 8.53. The van der Waals surface area contributed by atoms with Crippen molar-refractivity contribution < 1.29 is 9.53 Å². The van der Waals surface area contributed by atoms with Crippen LogP contribution in [0.3, 0.4) is 0 Å². The van der Waals surface area contributed by atoms with Gasteiger partial charge in [0.2, 0.25) is 0 Å². The molecule has 1 atom stereocenters. The van der Waals surface area contributed by atoms with Crippen LogP contribution in [0.1, 0.15) is 28.9 Å². The number of hydrogen-bond donors (Lipinski definition) is 1. The van der Waals surface area contributed by atoms with Gasteiger partial charge in [0.05, 0.1) is 20.1 Å². The molecule has 4 rings (SSSR count). The van der Waals surface area contributed by atoms with Crippen molar-refractivity contribution in [2.24, 2.45) is 0 Å². The lowest BCUT2D eigenvalue weighted by Crippen LogP contribution is -2.33.